The zero-order valence-electron chi connectivity index (χ0n) is 10.3. The number of rotatable bonds is 5. The van der Waals surface area contributed by atoms with Gasteiger partial charge in [-0.05, 0) is 17.7 Å². The minimum atomic E-state index is -1.56. The van der Waals surface area contributed by atoms with E-state index >= 15 is 0 Å². The number of pyridine rings is 1. The van der Waals surface area contributed by atoms with Gasteiger partial charge in [0.25, 0.3) is 0 Å². The van der Waals surface area contributed by atoms with Crippen LogP contribution in [0.5, 0.6) is 0 Å². The van der Waals surface area contributed by atoms with Crippen LogP contribution in [0.15, 0.2) is 53.3 Å². The number of carboxylic acids is 1. The standard InChI is InChI=1S/C14H11NO5/c16-12(6-13(17)14(18)19)11-8-20-7-10(11)5-9-1-3-15-4-2-9/h1-4,6-8,17H,5H2,(H,18,19)/b13-6-. The number of aliphatic carboxylic acids is 1. The lowest BCUT2D eigenvalue weighted by atomic mass is 10.0. The van der Waals surface area contributed by atoms with Crippen molar-refractivity contribution < 1.29 is 24.2 Å². The fraction of sp³-hybridized carbons (Fsp3) is 0.0714. The van der Waals surface area contributed by atoms with E-state index in [1.807, 2.05) is 0 Å². The van der Waals surface area contributed by atoms with Gasteiger partial charge >= 0.3 is 5.97 Å². The van der Waals surface area contributed by atoms with Crippen molar-refractivity contribution in [1.82, 2.24) is 4.98 Å². The van der Waals surface area contributed by atoms with Gasteiger partial charge in [-0.15, -0.1) is 0 Å². The summed E-state index contributed by atoms with van der Waals surface area (Å²) in [6, 6.07) is 3.59. The van der Waals surface area contributed by atoms with Gasteiger partial charge in [-0.3, -0.25) is 9.78 Å². The Kier molecular flexibility index (Phi) is 3.95. The maximum Gasteiger partial charge on any atom is 0.371 e. The quantitative estimate of drug-likeness (QED) is 0.490. The number of allylic oxidation sites excluding steroid dienone is 1. The molecule has 0 aliphatic rings. The lowest BCUT2D eigenvalue weighted by Crippen LogP contribution is -2.05. The highest BCUT2D eigenvalue weighted by Crippen LogP contribution is 2.17. The number of furan rings is 1. The van der Waals surface area contributed by atoms with Crippen molar-refractivity contribution in [1.29, 1.82) is 0 Å². The first-order chi connectivity index (χ1) is 9.58. The molecule has 6 nitrogen and oxygen atoms in total. The summed E-state index contributed by atoms with van der Waals surface area (Å²) in [4.78, 5) is 26.2. The number of aromatic nitrogens is 1. The van der Waals surface area contributed by atoms with Crippen molar-refractivity contribution in [3.63, 3.8) is 0 Å². The molecule has 2 heterocycles. The molecular formula is C14H11NO5. The molecule has 0 bridgehead atoms. The van der Waals surface area contributed by atoms with Crippen LogP contribution in [0.3, 0.4) is 0 Å². The molecular weight excluding hydrogens is 262 g/mol. The minimum Gasteiger partial charge on any atom is -0.502 e. The highest BCUT2D eigenvalue weighted by Gasteiger charge is 2.15. The van der Waals surface area contributed by atoms with Crippen molar-refractivity contribution in [3.05, 3.63) is 65.6 Å². The Morgan fingerprint density at radius 3 is 2.55 bits per heavy atom. The molecule has 0 radical (unpaired) electrons. The molecule has 20 heavy (non-hydrogen) atoms. The molecule has 0 saturated heterocycles. The van der Waals surface area contributed by atoms with Crippen LogP contribution in [0.1, 0.15) is 21.5 Å². The van der Waals surface area contributed by atoms with Gasteiger partial charge in [-0.2, -0.15) is 0 Å². The average molecular weight is 273 g/mol. The normalized spacial score (nSPS) is 11.3. The number of hydrogen-bond acceptors (Lipinski definition) is 5. The molecule has 0 unspecified atom stereocenters. The fourth-order valence-corrected chi connectivity index (χ4v) is 1.66. The Hall–Kier alpha value is -2.89. The van der Waals surface area contributed by atoms with Gasteiger partial charge in [0, 0.05) is 30.5 Å². The number of carbonyl (C=O) groups is 2. The van der Waals surface area contributed by atoms with Crippen LogP contribution in [-0.2, 0) is 11.2 Å². The van der Waals surface area contributed by atoms with Gasteiger partial charge in [0.05, 0.1) is 11.8 Å². The summed E-state index contributed by atoms with van der Waals surface area (Å²) >= 11 is 0. The Morgan fingerprint density at radius 2 is 1.90 bits per heavy atom. The number of nitrogens with zero attached hydrogens (tertiary/aromatic N) is 1. The Morgan fingerprint density at radius 1 is 1.20 bits per heavy atom. The van der Waals surface area contributed by atoms with Crippen LogP contribution in [0.2, 0.25) is 0 Å². The van der Waals surface area contributed by atoms with E-state index in [1.54, 1.807) is 24.5 Å². The van der Waals surface area contributed by atoms with E-state index in [-0.39, 0.29) is 5.56 Å². The monoisotopic (exact) mass is 273 g/mol. The molecule has 102 valence electrons. The fourth-order valence-electron chi connectivity index (χ4n) is 1.66. The second-order valence-corrected chi connectivity index (χ2v) is 4.04. The summed E-state index contributed by atoms with van der Waals surface area (Å²) in [5, 5.41) is 17.6. The third-order valence-corrected chi connectivity index (χ3v) is 2.64. The first-order valence-electron chi connectivity index (χ1n) is 5.70. The van der Waals surface area contributed by atoms with Crippen LogP contribution in [0.4, 0.5) is 0 Å². The maximum atomic E-state index is 11.9. The van der Waals surface area contributed by atoms with Gasteiger partial charge in [0.2, 0.25) is 5.76 Å². The van der Waals surface area contributed by atoms with Crippen molar-refractivity contribution in [2.45, 2.75) is 6.42 Å². The van der Waals surface area contributed by atoms with Gasteiger partial charge in [-0.25, -0.2) is 4.79 Å². The van der Waals surface area contributed by atoms with Crippen LogP contribution < -0.4 is 0 Å². The molecule has 6 heteroatoms. The summed E-state index contributed by atoms with van der Waals surface area (Å²) in [6.45, 7) is 0. The molecule has 0 aromatic carbocycles. The van der Waals surface area contributed by atoms with Gasteiger partial charge in [-0.1, -0.05) is 0 Å². The lowest BCUT2D eigenvalue weighted by Gasteiger charge is -2.00. The smallest absolute Gasteiger partial charge is 0.371 e. The van der Waals surface area contributed by atoms with Crippen LogP contribution >= 0.6 is 0 Å². The number of hydrogen-bond donors (Lipinski definition) is 2. The van der Waals surface area contributed by atoms with Gasteiger partial charge in [0.15, 0.2) is 5.78 Å². The van der Waals surface area contributed by atoms with Crippen LogP contribution in [0.25, 0.3) is 0 Å². The van der Waals surface area contributed by atoms with Gasteiger partial charge in [0.1, 0.15) is 6.26 Å². The number of carboxylic acid groups (broad SMARTS) is 1. The van der Waals surface area contributed by atoms with E-state index < -0.39 is 17.5 Å². The van der Waals surface area contributed by atoms with Crippen LogP contribution in [0, 0.1) is 0 Å². The predicted octanol–water partition coefficient (Wildman–Crippen LogP) is 1.97. The third kappa shape index (κ3) is 3.11. The van der Waals surface area contributed by atoms with E-state index in [2.05, 4.69) is 4.98 Å². The van der Waals surface area contributed by atoms with E-state index in [9.17, 15) is 9.59 Å². The van der Waals surface area contributed by atoms with Crippen molar-refractivity contribution >= 4 is 11.8 Å². The summed E-state index contributed by atoms with van der Waals surface area (Å²) in [6.07, 6.45) is 7.01. The van der Waals surface area contributed by atoms with Crippen molar-refractivity contribution in [3.8, 4) is 0 Å². The molecule has 0 spiro atoms. The molecule has 0 aliphatic carbocycles. The number of aliphatic hydroxyl groups is 1. The SMILES string of the molecule is O=C(O)/C(O)=C/C(=O)c1cocc1Cc1ccncc1. The van der Waals surface area contributed by atoms with Crippen molar-refractivity contribution in [2.24, 2.45) is 0 Å². The summed E-state index contributed by atoms with van der Waals surface area (Å²) in [7, 11) is 0. The first-order valence-corrected chi connectivity index (χ1v) is 5.70. The van der Waals surface area contributed by atoms with Gasteiger partial charge < -0.3 is 14.6 Å². The second kappa shape index (κ2) is 5.83. The maximum absolute atomic E-state index is 11.9. The summed E-state index contributed by atoms with van der Waals surface area (Å²) in [5.41, 5.74) is 1.76. The molecule has 0 saturated carbocycles. The third-order valence-electron chi connectivity index (χ3n) is 2.64. The highest BCUT2D eigenvalue weighted by atomic mass is 16.4. The largest absolute Gasteiger partial charge is 0.502 e. The molecule has 0 atom stereocenters. The zero-order chi connectivity index (χ0) is 14.5. The molecule has 2 aromatic heterocycles. The van der Waals surface area contributed by atoms with Crippen LogP contribution in [-0.4, -0.2) is 26.9 Å². The van der Waals surface area contributed by atoms with E-state index in [1.165, 1.54) is 12.5 Å². The summed E-state index contributed by atoms with van der Waals surface area (Å²) in [5.74, 6) is -3.19. The Balaban J connectivity index is 2.23. The predicted molar refractivity (Wildman–Crippen MR) is 68.4 cm³/mol. The number of ketones is 1. The molecule has 2 aromatic rings. The molecule has 0 aliphatic heterocycles. The van der Waals surface area contributed by atoms with Crippen molar-refractivity contribution in [2.75, 3.05) is 0 Å². The topological polar surface area (TPSA) is 101 Å². The summed E-state index contributed by atoms with van der Waals surface area (Å²) < 4.78 is 4.99. The number of aliphatic hydroxyl groups excluding tert-OH is 1. The van der Waals surface area contributed by atoms with E-state index in [4.69, 9.17) is 14.6 Å². The first kappa shape index (κ1) is 13.5. The molecule has 2 N–H and O–H groups in total. The Bertz CT molecular complexity index is 657. The lowest BCUT2D eigenvalue weighted by molar-refractivity contribution is -0.135. The average Bonchev–Trinajstić information content (AvgIpc) is 2.88. The molecule has 0 fully saturated rings. The second-order valence-electron chi connectivity index (χ2n) is 4.04. The minimum absolute atomic E-state index is 0.217. The highest BCUT2D eigenvalue weighted by molar-refractivity contribution is 6.08. The van der Waals surface area contributed by atoms with E-state index in [0.717, 1.165) is 5.56 Å². The number of carbonyl (C=O) groups excluding carboxylic acids is 1. The van der Waals surface area contributed by atoms with E-state index in [0.29, 0.717) is 18.1 Å². The zero-order valence-corrected chi connectivity index (χ0v) is 10.3. The molecule has 2 rings (SSSR count). The Labute approximate surface area is 114 Å². The molecule has 0 amide bonds.